The van der Waals surface area contributed by atoms with Crippen LogP contribution in [-0.4, -0.2) is 36.6 Å². The van der Waals surface area contributed by atoms with Crippen LogP contribution in [-0.2, 0) is 0 Å². The Morgan fingerprint density at radius 2 is 1.93 bits per heavy atom. The molecular formula is C12H25N3. The van der Waals surface area contributed by atoms with Crippen molar-refractivity contribution in [3.63, 3.8) is 0 Å². The Morgan fingerprint density at radius 1 is 1.33 bits per heavy atom. The van der Waals surface area contributed by atoms with Crippen LogP contribution in [0.2, 0.25) is 0 Å². The van der Waals surface area contributed by atoms with Crippen molar-refractivity contribution in [3.8, 4) is 6.07 Å². The average Bonchev–Trinajstić information content (AvgIpc) is 2.21. The molecular weight excluding hydrogens is 186 g/mol. The summed E-state index contributed by atoms with van der Waals surface area (Å²) in [6.45, 7) is 9.53. The van der Waals surface area contributed by atoms with Crippen molar-refractivity contribution in [3.05, 3.63) is 0 Å². The highest BCUT2D eigenvalue weighted by molar-refractivity contribution is 4.91. The van der Waals surface area contributed by atoms with Gasteiger partial charge >= 0.3 is 0 Å². The van der Waals surface area contributed by atoms with Gasteiger partial charge in [-0.3, -0.25) is 5.32 Å². The molecule has 0 aromatic carbocycles. The van der Waals surface area contributed by atoms with Gasteiger partial charge in [0.1, 0.15) is 0 Å². The lowest BCUT2D eigenvalue weighted by atomic mass is 10.1. The molecule has 0 amide bonds. The van der Waals surface area contributed by atoms with Gasteiger partial charge in [-0.2, -0.15) is 5.26 Å². The number of rotatable bonds is 7. The molecule has 1 N–H and O–H groups in total. The van der Waals surface area contributed by atoms with E-state index in [1.54, 1.807) is 0 Å². The van der Waals surface area contributed by atoms with E-state index in [9.17, 15) is 0 Å². The zero-order chi connectivity index (χ0) is 11.8. The van der Waals surface area contributed by atoms with Crippen LogP contribution in [0.25, 0.3) is 0 Å². The summed E-state index contributed by atoms with van der Waals surface area (Å²) >= 11 is 0. The molecule has 0 bridgehead atoms. The Balaban J connectivity index is 3.86. The van der Waals surface area contributed by atoms with Crippen LogP contribution in [0.4, 0.5) is 0 Å². The first-order valence-electron chi connectivity index (χ1n) is 5.87. The second-order valence-electron chi connectivity index (χ2n) is 4.53. The van der Waals surface area contributed by atoms with Gasteiger partial charge in [0, 0.05) is 18.6 Å². The Morgan fingerprint density at radius 3 is 2.33 bits per heavy atom. The molecule has 0 aliphatic carbocycles. The molecule has 0 aromatic heterocycles. The molecule has 0 rings (SSSR count). The third-order valence-electron chi connectivity index (χ3n) is 2.80. The van der Waals surface area contributed by atoms with Gasteiger partial charge in [-0.15, -0.1) is 0 Å². The topological polar surface area (TPSA) is 39.1 Å². The van der Waals surface area contributed by atoms with Crippen LogP contribution in [0.5, 0.6) is 0 Å². The Labute approximate surface area is 94.5 Å². The van der Waals surface area contributed by atoms with Gasteiger partial charge in [0.25, 0.3) is 0 Å². The molecule has 0 aliphatic rings. The highest BCUT2D eigenvalue weighted by Crippen LogP contribution is 2.03. The molecule has 2 unspecified atom stereocenters. The molecule has 88 valence electrons. The summed E-state index contributed by atoms with van der Waals surface area (Å²) in [5.74, 6) is 0. The highest BCUT2D eigenvalue weighted by atomic mass is 15.1. The van der Waals surface area contributed by atoms with Crippen molar-refractivity contribution < 1.29 is 0 Å². The van der Waals surface area contributed by atoms with Crippen molar-refractivity contribution in [1.82, 2.24) is 10.2 Å². The second-order valence-corrected chi connectivity index (χ2v) is 4.53. The number of nitriles is 1. The summed E-state index contributed by atoms with van der Waals surface area (Å²) < 4.78 is 0. The summed E-state index contributed by atoms with van der Waals surface area (Å²) in [4.78, 5) is 2.31. The molecule has 15 heavy (non-hydrogen) atoms. The van der Waals surface area contributed by atoms with E-state index in [-0.39, 0.29) is 6.04 Å². The van der Waals surface area contributed by atoms with Crippen molar-refractivity contribution >= 4 is 0 Å². The Kier molecular flexibility index (Phi) is 7.37. The fraction of sp³-hybridized carbons (Fsp3) is 0.917. The van der Waals surface area contributed by atoms with E-state index in [1.165, 1.54) is 0 Å². The van der Waals surface area contributed by atoms with Crippen LogP contribution < -0.4 is 5.32 Å². The van der Waals surface area contributed by atoms with Crippen LogP contribution in [0.3, 0.4) is 0 Å². The van der Waals surface area contributed by atoms with Gasteiger partial charge < -0.3 is 4.90 Å². The molecule has 2 atom stereocenters. The standard InChI is InChI=1S/C12H25N3/c1-6-11(4)15(5)8-7-12(9-13)14-10(2)3/h10-12,14H,6-8H2,1-5H3. The minimum absolute atomic E-state index is 0.0171. The lowest BCUT2D eigenvalue weighted by Gasteiger charge is -2.25. The van der Waals surface area contributed by atoms with E-state index >= 15 is 0 Å². The van der Waals surface area contributed by atoms with Gasteiger partial charge in [-0.25, -0.2) is 0 Å². The van der Waals surface area contributed by atoms with Gasteiger partial charge in [0.05, 0.1) is 12.1 Å². The van der Waals surface area contributed by atoms with E-state index in [2.05, 4.69) is 51.0 Å². The van der Waals surface area contributed by atoms with Crippen LogP contribution >= 0.6 is 0 Å². The second kappa shape index (κ2) is 7.67. The van der Waals surface area contributed by atoms with Gasteiger partial charge in [0.15, 0.2) is 0 Å². The molecule has 0 saturated carbocycles. The largest absolute Gasteiger partial charge is 0.304 e. The van der Waals surface area contributed by atoms with Crippen LogP contribution in [0, 0.1) is 11.3 Å². The van der Waals surface area contributed by atoms with Crippen molar-refractivity contribution in [1.29, 1.82) is 5.26 Å². The summed E-state index contributed by atoms with van der Waals surface area (Å²) in [7, 11) is 2.12. The third kappa shape index (κ3) is 6.48. The quantitative estimate of drug-likeness (QED) is 0.700. The van der Waals surface area contributed by atoms with Gasteiger partial charge in [-0.1, -0.05) is 6.92 Å². The van der Waals surface area contributed by atoms with Crippen molar-refractivity contribution in [2.45, 2.75) is 58.7 Å². The first-order chi connectivity index (χ1) is 7.01. The first-order valence-corrected chi connectivity index (χ1v) is 5.87. The Bertz CT molecular complexity index is 196. The normalized spacial score (nSPS) is 15.3. The molecule has 0 fully saturated rings. The maximum absolute atomic E-state index is 8.95. The summed E-state index contributed by atoms with van der Waals surface area (Å²) in [5.41, 5.74) is 0. The van der Waals surface area contributed by atoms with Crippen LogP contribution in [0.1, 0.15) is 40.5 Å². The maximum Gasteiger partial charge on any atom is 0.0967 e. The zero-order valence-electron chi connectivity index (χ0n) is 10.7. The van der Waals surface area contributed by atoms with Crippen molar-refractivity contribution in [2.75, 3.05) is 13.6 Å². The monoisotopic (exact) mass is 211 g/mol. The zero-order valence-corrected chi connectivity index (χ0v) is 10.7. The predicted octanol–water partition coefficient (Wildman–Crippen LogP) is 2.00. The smallest absolute Gasteiger partial charge is 0.0967 e. The fourth-order valence-electron chi connectivity index (χ4n) is 1.45. The maximum atomic E-state index is 8.95. The fourth-order valence-corrected chi connectivity index (χ4v) is 1.45. The minimum atomic E-state index is -0.0171. The Hall–Kier alpha value is -0.590. The van der Waals surface area contributed by atoms with E-state index in [1.807, 2.05) is 0 Å². The molecule has 0 aliphatic heterocycles. The third-order valence-corrected chi connectivity index (χ3v) is 2.80. The molecule has 0 aromatic rings. The SMILES string of the molecule is CCC(C)N(C)CCC(C#N)NC(C)C. The number of nitrogens with zero attached hydrogens (tertiary/aromatic N) is 2. The molecule has 0 spiro atoms. The minimum Gasteiger partial charge on any atom is -0.304 e. The number of hydrogen-bond donors (Lipinski definition) is 1. The van der Waals surface area contributed by atoms with Crippen molar-refractivity contribution in [2.24, 2.45) is 0 Å². The molecule has 0 heterocycles. The molecule has 3 heteroatoms. The molecule has 3 nitrogen and oxygen atoms in total. The average molecular weight is 211 g/mol. The van der Waals surface area contributed by atoms with Crippen LogP contribution in [0.15, 0.2) is 0 Å². The highest BCUT2D eigenvalue weighted by Gasteiger charge is 2.12. The number of hydrogen-bond acceptors (Lipinski definition) is 3. The molecule has 0 saturated heterocycles. The van der Waals surface area contributed by atoms with E-state index in [0.717, 1.165) is 19.4 Å². The van der Waals surface area contributed by atoms with Gasteiger partial charge in [-0.05, 0) is 40.7 Å². The van der Waals surface area contributed by atoms with Gasteiger partial charge in [0.2, 0.25) is 0 Å². The summed E-state index contributed by atoms with van der Waals surface area (Å²) in [6.07, 6.45) is 2.06. The van der Waals surface area contributed by atoms with E-state index in [4.69, 9.17) is 5.26 Å². The molecule has 0 radical (unpaired) electrons. The predicted molar refractivity (Wildman–Crippen MR) is 64.7 cm³/mol. The summed E-state index contributed by atoms with van der Waals surface area (Å²) in [6, 6.07) is 3.27. The first kappa shape index (κ1) is 14.4. The number of nitrogens with one attached hydrogen (secondary N) is 1. The lowest BCUT2D eigenvalue weighted by molar-refractivity contribution is 0.242. The van der Waals surface area contributed by atoms with E-state index in [0.29, 0.717) is 12.1 Å². The lowest BCUT2D eigenvalue weighted by Crippen LogP contribution is -2.38. The van der Waals surface area contributed by atoms with E-state index < -0.39 is 0 Å². The summed E-state index contributed by atoms with van der Waals surface area (Å²) in [5, 5.41) is 12.2.